The van der Waals surface area contributed by atoms with Crippen molar-refractivity contribution in [2.75, 3.05) is 0 Å². The quantitative estimate of drug-likeness (QED) is 0.172. The van der Waals surface area contributed by atoms with Crippen LogP contribution in [0, 0.1) is 0 Å². The third-order valence-corrected chi connectivity index (χ3v) is 11.4. The fraction of sp³-hybridized carbons (Fsp3) is 0. The van der Waals surface area contributed by atoms with Crippen molar-refractivity contribution in [2.45, 2.75) is 0 Å². The van der Waals surface area contributed by atoms with Crippen molar-refractivity contribution in [1.29, 1.82) is 0 Å². The molecule has 0 fully saturated rings. The maximum Gasteiger partial charge on any atom is -0.0512 e. The summed E-state index contributed by atoms with van der Waals surface area (Å²) in [6.07, 6.45) is 0. The van der Waals surface area contributed by atoms with Gasteiger partial charge in [-0.3, -0.25) is 0 Å². The van der Waals surface area contributed by atoms with E-state index >= 15 is 0 Å². The Hall–Kier alpha value is -5.67. The van der Waals surface area contributed by atoms with Crippen LogP contribution in [0.15, 0.2) is 164 Å². The normalized spacial score (nSPS) is 11.4. The molecule has 0 saturated heterocycles. The summed E-state index contributed by atoms with van der Waals surface area (Å²) < 4.78 is 2.93. The molecule has 2 heterocycles. The molecule has 0 atom stereocenters. The molecule has 47 heavy (non-hydrogen) atoms. The fourth-order valence-electron chi connectivity index (χ4n) is 6.38. The van der Waals surface area contributed by atoms with Gasteiger partial charge in [0.25, 0.3) is 0 Å². The molecule has 0 aliphatic heterocycles. The van der Waals surface area contributed by atoms with Gasteiger partial charge in [0, 0.05) is 0 Å². The zero-order valence-corrected chi connectivity index (χ0v) is 27.1. The van der Waals surface area contributed by atoms with Crippen LogP contribution in [0.5, 0.6) is 0 Å². The van der Waals surface area contributed by atoms with E-state index in [0.717, 1.165) is 22.1 Å². The smallest absolute Gasteiger partial charge is 0.0512 e. The number of hydrogen-bond acceptors (Lipinski definition) is 3. The summed E-state index contributed by atoms with van der Waals surface area (Å²) in [6, 6.07) is 57.9. The molecular weight excluding hydrogens is 637 g/mol. The van der Waals surface area contributed by atoms with Crippen LogP contribution < -0.4 is 0 Å². The minimum absolute atomic E-state index is 0.206. The maximum absolute atomic E-state index is 4.94. The van der Waals surface area contributed by atoms with Crippen LogP contribution in [-0.4, -0.2) is 29.5 Å². The second-order valence-electron chi connectivity index (χ2n) is 11.6. The third-order valence-electron chi connectivity index (χ3n) is 8.72. The Labute approximate surface area is 278 Å². The number of benzene rings is 7. The molecular formula is C43H27N3Se. The molecule has 0 aliphatic rings. The van der Waals surface area contributed by atoms with Crippen LogP contribution in [0.2, 0.25) is 0 Å². The summed E-state index contributed by atoms with van der Waals surface area (Å²) in [5.74, 6) is 2.00. The van der Waals surface area contributed by atoms with Crippen LogP contribution in [-0.2, 0) is 0 Å². The fourth-order valence-corrected chi connectivity index (χ4v) is 9.26. The Morgan fingerprint density at radius 2 is 0.745 bits per heavy atom. The summed E-state index contributed by atoms with van der Waals surface area (Å²) in [6.45, 7) is 0. The van der Waals surface area contributed by atoms with E-state index in [4.69, 9.17) is 15.0 Å². The number of hydrogen-bond donors (Lipinski definition) is 0. The number of aromatic nitrogens is 3. The first-order valence-electron chi connectivity index (χ1n) is 15.7. The van der Waals surface area contributed by atoms with Crippen LogP contribution in [0.25, 0.3) is 86.5 Å². The summed E-state index contributed by atoms with van der Waals surface area (Å²) in [5.41, 5.74) is 8.10. The predicted octanol–water partition coefficient (Wildman–Crippen LogP) is 10.7. The van der Waals surface area contributed by atoms with Gasteiger partial charge < -0.3 is 0 Å². The number of fused-ring (bicyclic) bond motifs is 4. The van der Waals surface area contributed by atoms with Gasteiger partial charge in [-0.25, -0.2) is 0 Å². The van der Waals surface area contributed by atoms with E-state index in [2.05, 4.69) is 103 Å². The van der Waals surface area contributed by atoms with Gasteiger partial charge >= 0.3 is 219 Å². The van der Waals surface area contributed by atoms with E-state index in [1.807, 2.05) is 60.7 Å². The largest absolute Gasteiger partial charge is 0.0615 e. The average molecular weight is 665 g/mol. The molecule has 0 spiro atoms. The monoisotopic (exact) mass is 665 g/mol. The van der Waals surface area contributed by atoms with Gasteiger partial charge in [-0.2, -0.15) is 0 Å². The average Bonchev–Trinajstić information content (AvgIpc) is 3.54. The van der Waals surface area contributed by atoms with Gasteiger partial charge in [-0.1, -0.05) is 60.7 Å². The zero-order chi connectivity index (χ0) is 31.2. The second kappa shape index (κ2) is 11.6. The molecule has 220 valence electrons. The molecule has 0 unspecified atom stereocenters. The van der Waals surface area contributed by atoms with Gasteiger partial charge in [0.1, 0.15) is 0 Å². The van der Waals surface area contributed by atoms with Crippen molar-refractivity contribution < 1.29 is 0 Å². The van der Waals surface area contributed by atoms with E-state index < -0.39 is 0 Å². The van der Waals surface area contributed by atoms with Crippen LogP contribution >= 0.6 is 0 Å². The van der Waals surface area contributed by atoms with Gasteiger partial charge in [0.15, 0.2) is 0 Å². The molecule has 4 heteroatoms. The van der Waals surface area contributed by atoms with Crippen molar-refractivity contribution in [2.24, 2.45) is 0 Å². The number of nitrogens with zero attached hydrogens (tertiary/aromatic N) is 3. The topological polar surface area (TPSA) is 38.7 Å². The first-order chi connectivity index (χ1) is 23.3. The molecule has 9 rings (SSSR count). The predicted molar refractivity (Wildman–Crippen MR) is 196 cm³/mol. The SMILES string of the molecule is c1ccc(-c2nc(-c3ccccc3)nc(-c3ccc4cc(-c5cccc6c5[se]c5c(-c7ccccc7)cccc56)ccc4c3)n2)cc1. The Balaban J connectivity index is 1.14. The van der Waals surface area contributed by atoms with Gasteiger partial charge in [0.05, 0.1) is 0 Å². The minimum Gasteiger partial charge on any atom is -0.0615 e. The van der Waals surface area contributed by atoms with Gasteiger partial charge in [-0.05, 0) is 0 Å². The standard InChI is InChI=1S/C43H27N3Se/c1-4-12-28(13-5-1)35-18-10-20-37-38-21-11-19-36(40(38)47-39(35)37)33-24-22-32-27-34(25-23-31(32)26-33)43-45-41(29-14-6-2-7-15-29)44-42(46-43)30-16-8-3-9-17-30/h1-27H. The molecule has 0 amide bonds. The maximum atomic E-state index is 4.94. The van der Waals surface area contributed by atoms with Crippen molar-refractivity contribution in [3.63, 3.8) is 0 Å². The van der Waals surface area contributed by atoms with Crippen LogP contribution in [0.3, 0.4) is 0 Å². The van der Waals surface area contributed by atoms with E-state index in [9.17, 15) is 0 Å². The molecule has 7 aromatic carbocycles. The van der Waals surface area contributed by atoms with Crippen LogP contribution in [0.4, 0.5) is 0 Å². The van der Waals surface area contributed by atoms with Crippen molar-refractivity contribution in [3.05, 3.63) is 164 Å². The van der Waals surface area contributed by atoms with E-state index in [0.29, 0.717) is 17.5 Å². The first kappa shape index (κ1) is 27.6. The Kier molecular flexibility index (Phi) is 6.82. The van der Waals surface area contributed by atoms with Gasteiger partial charge in [-0.15, -0.1) is 0 Å². The van der Waals surface area contributed by atoms with E-state index in [1.165, 1.54) is 46.9 Å². The Morgan fingerprint density at radius 3 is 1.28 bits per heavy atom. The summed E-state index contributed by atoms with van der Waals surface area (Å²) in [4.78, 5) is 14.7. The van der Waals surface area contributed by atoms with E-state index in [1.54, 1.807) is 0 Å². The summed E-state index contributed by atoms with van der Waals surface area (Å²) in [7, 11) is 0. The molecule has 0 aliphatic carbocycles. The molecule has 3 nitrogen and oxygen atoms in total. The van der Waals surface area contributed by atoms with E-state index in [-0.39, 0.29) is 14.5 Å². The molecule has 0 saturated carbocycles. The second-order valence-corrected chi connectivity index (χ2v) is 13.8. The molecule has 0 N–H and O–H groups in total. The third kappa shape index (κ3) is 5.05. The van der Waals surface area contributed by atoms with Crippen molar-refractivity contribution >= 4 is 44.6 Å². The molecule has 2 aromatic heterocycles. The summed E-state index contributed by atoms with van der Waals surface area (Å²) >= 11 is 0.206. The molecule has 9 aromatic rings. The Bertz CT molecular complexity index is 2500. The van der Waals surface area contributed by atoms with Crippen molar-refractivity contribution in [1.82, 2.24) is 15.0 Å². The number of rotatable bonds is 5. The molecule has 0 bridgehead atoms. The summed E-state index contributed by atoms with van der Waals surface area (Å²) in [5, 5.41) is 5.08. The molecule has 0 radical (unpaired) electrons. The first-order valence-corrected chi connectivity index (χ1v) is 17.4. The van der Waals surface area contributed by atoms with Crippen LogP contribution in [0.1, 0.15) is 0 Å². The van der Waals surface area contributed by atoms with Gasteiger partial charge in [0.2, 0.25) is 0 Å². The minimum atomic E-state index is 0.206. The Morgan fingerprint density at radius 1 is 0.319 bits per heavy atom. The van der Waals surface area contributed by atoms with Crippen molar-refractivity contribution in [3.8, 4) is 56.4 Å². The zero-order valence-electron chi connectivity index (χ0n) is 25.3.